The quantitative estimate of drug-likeness (QED) is 0.0249. The number of hydrogen-bond acceptors (Lipinski definition) is 18. The summed E-state index contributed by atoms with van der Waals surface area (Å²) in [5.41, 5.74) is 20.8. The lowest BCUT2D eigenvalue weighted by atomic mass is 9.99. The number of hydrogen-bond donors (Lipinski definition) is 5. The van der Waals surface area contributed by atoms with Crippen molar-refractivity contribution in [2.24, 2.45) is 22.9 Å². The molecule has 0 aromatic heterocycles. The zero-order valence-corrected chi connectivity index (χ0v) is 38.4. The Kier molecular flexibility index (Phi) is 34.0. The first-order valence-electron chi connectivity index (χ1n) is 22.5. The zero-order chi connectivity index (χ0) is 45.1. The van der Waals surface area contributed by atoms with E-state index in [1.165, 1.54) is 77.0 Å². The Balaban J connectivity index is 3.09. The van der Waals surface area contributed by atoms with E-state index >= 15 is 0 Å². The van der Waals surface area contributed by atoms with Gasteiger partial charge in [0, 0.05) is 12.2 Å². The van der Waals surface area contributed by atoms with Gasteiger partial charge < -0.3 is 56.7 Å². The largest absolute Gasteiger partial charge is 0.464 e. The number of esters is 5. The smallest absolute Gasteiger partial charge is 0.329 e. The van der Waals surface area contributed by atoms with Gasteiger partial charge >= 0.3 is 29.8 Å². The molecule has 3 unspecified atom stereocenters. The third kappa shape index (κ3) is 26.5. The molecule has 1 saturated heterocycles. The van der Waals surface area contributed by atoms with Crippen LogP contribution in [0.2, 0.25) is 0 Å². The van der Waals surface area contributed by atoms with Crippen LogP contribution in [-0.2, 0) is 57.2 Å². The van der Waals surface area contributed by atoms with E-state index in [9.17, 15) is 28.8 Å². The van der Waals surface area contributed by atoms with E-state index in [-0.39, 0.29) is 24.7 Å². The highest BCUT2D eigenvalue weighted by molar-refractivity contribution is 8.76. The van der Waals surface area contributed by atoms with Crippen LogP contribution in [0.1, 0.15) is 149 Å². The van der Waals surface area contributed by atoms with Gasteiger partial charge in [0.2, 0.25) is 5.91 Å². The van der Waals surface area contributed by atoms with Crippen molar-refractivity contribution in [3.8, 4) is 0 Å². The number of ether oxygens (including phenoxy) is 6. The predicted molar refractivity (Wildman–Crippen MR) is 237 cm³/mol. The van der Waals surface area contributed by atoms with Crippen LogP contribution >= 0.6 is 21.6 Å². The molecule has 6 atom stereocenters. The van der Waals surface area contributed by atoms with Crippen LogP contribution in [0.3, 0.4) is 0 Å². The molecular weight excluding hydrogens is 831 g/mol. The molecule has 1 amide bonds. The molecule has 1 rings (SSSR count). The maximum Gasteiger partial charge on any atom is 0.329 e. The van der Waals surface area contributed by atoms with Gasteiger partial charge in [0.1, 0.15) is 18.8 Å². The van der Waals surface area contributed by atoms with Gasteiger partial charge in [0.05, 0.1) is 32.8 Å². The van der Waals surface area contributed by atoms with Gasteiger partial charge in [-0.3, -0.25) is 24.0 Å². The molecule has 0 radical (unpaired) electrons. The average Bonchev–Trinajstić information content (AvgIpc) is 3.26. The second kappa shape index (κ2) is 36.8. The first-order valence-corrected chi connectivity index (χ1v) is 24.9. The standard InChI is InChI=1S/C42H77N5O12S2/c1-3-5-7-9-11-13-15-17-19-21-23-33(48)47-31(41(53)54-24-22-20-18-16-14-12-10-8-6-4-2)30-60-61-42-40(59-37(52)28-46)39(58-36(51)27-45)38(57-35(50)26-44)32(56-42)29-55-34(49)25-43/h31-32,38-40,42H,3-30,43-46H2,1-2H3,(H,47,48)/t31?,32?,38-,39+,40-,42?/m1/s1. The summed E-state index contributed by atoms with van der Waals surface area (Å²) in [5, 5.41) is 2.84. The fraction of sp³-hybridized carbons (Fsp3) is 0.857. The van der Waals surface area contributed by atoms with Gasteiger partial charge in [0.15, 0.2) is 23.7 Å². The second-order valence-electron chi connectivity index (χ2n) is 15.2. The topological polar surface area (TPSA) is 274 Å². The molecule has 19 heteroatoms. The van der Waals surface area contributed by atoms with Crippen molar-refractivity contribution in [2.45, 2.75) is 185 Å². The second-order valence-corrected chi connectivity index (χ2v) is 17.7. The van der Waals surface area contributed by atoms with E-state index in [2.05, 4.69) is 19.2 Å². The molecule has 1 aliphatic heterocycles. The zero-order valence-electron chi connectivity index (χ0n) is 36.8. The van der Waals surface area contributed by atoms with Crippen molar-refractivity contribution in [3.05, 3.63) is 0 Å². The Labute approximate surface area is 371 Å². The summed E-state index contributed by atoms with van der Waals surface area (Å²) in [4.78, 5) is 76.2. The molecule has 1 aliphatic rings. The molecule has 0 saturated carbocycles. The van der Waals surface area contributed by atoms with Gasteiger partial charge in [-0.2, -0.15) is 0 Å². The van der Waals surface area contributed by atoms with Gasteiger partial charge in [-0.1, -0.05) is 151 Å². The van der Waals surface area contributed by atoms with Crippen molar-refractivity contribution in [2.75, 3.05) is 45.1 Å². The van der Waals surface area contributed by atoms with Gasteiger partial charge in [-0.15, -0.1) is 0 Å². The van der Waals surface area contributed by atoms with E-state index in [1.807, 2.05) is 0 Å². The third-order valence-corrected chi connectivity index (χ3v) is 12.5. The Morgan fingerprint density at radius 3 is 1.49 bits per heavy atom. The fourth-order valence-electron chi connectivity index (χ4n) is 6.57. The first kappa shape index (κ1) is 56.3. The van der Waals surface area contributed by atoms with Crippen molar-refractivity contribution in [1.29, 1.82) is 0 Å². The third-order valence-electron chi connectivity index (χ3n) is 9.99. The van der Waals surface area contributed by atoms with Crippen molar-refractivity contribution >= 4 is 57.3 Å². The summed E-state index contributed by atoms with van der Waals surface area (Å²) in [5.74, 6) is -4.42. The molecule has 17 nitrogen and oxygen atoms in total. The number of carbonyl (C=O) groups is 6. The maximum atomic E-state index is 13.5. The Hall–Kier alpha value is -2.68. The van der Waals surface area contributed by atoms with Crippen molar-refractivity contribution in [1.82, 2.24) is 5.32 Å². The maximum absolute atomic E-state index is 13.5. The molecule has 0 bridgehead atoms. The van der Waals surface area contributed by atoms with Crippen molar-refractivity contribution < 1.29 is 57.2 Å². The van der Waals surface area contributed by atoms with E-state index in [0.29, 0.717) is 12.8 Å². The van der Waals surface area contributed by atoms with Gasteiger partial charge in [-0.25, -0.2) is 4.79 Å². The highest BCUT2D eigenvalue weighted by Gasteiger charge is 2.53. The number of nitrogens with two attached hydrogens (primary N) is 4. The normalized spacial score (nSPS) is 19.1. The number of nitrogens with one attached hydrogen (secondary N) is 1. The SMILES string of the molecule is CCCCCCCCCCCCOC(=O)C(CSSC1OC(COC(=O)CN)[C@@H](OC(=O)CN)[C@H](OC(=O)CN)[C@H]1OC(=O)CN)NC(=O)CCCCCCCCCCCC. The summed E-state index contributed by atoms with van der Waals surface area (Å²) < 4.78 is 33.7. The van der Waals surface area contributed by atoms with E-state index in [1.54, 1.807) is 0 Å². The predicted octanol–water partition coefficient (Wildman–Crippen LogP) is 4.47. The Morgan fingerprint density at radius 1 is 0.557 bits per heavy atom. The minimum absolute atomic E-state index is 0.00832. The van der Waals surface area contributed by atoms with Crippen LogP contribution in [0.4, 0.5) is 0 Å². The summed E-state index contributed by atoms with van der Waals surface area (Å²) in [7, 11) is 2.08. The summed E-state index contributed by atoms with van der Waals surface area (Å²) in [6.07, 6.45) is 17.0. The monoisotopic (exact) mass is 908 g/mol. The number of carbonyl (C=O) groups excluding carboxylic acids is 6. The van der Waals surface area contributed by atoms with Crippen molar-refractivity contribution in [3.63, 3.8) is 0 Å². The minimum Gasteiger partial charge on any atom is -0.464 e. The Morgan fingerprint density at radius 2 is 1.00 bits per heavy atom. The number of amides is 1. The fourth-order valence-corrected chi connectivity index (χ4v) is 9.16. The molecule has 0 aromatic rings. The molecule has 0 aromatic carbocycles. The summed E-state index contributed by atoms with van der Waals surface area (Å²) in [6.45, 7) is 1.96. The molecular formula is C42H77N5O12S2. The lowest BCUT2D eigenvalue weighted by Gasteiger charge is -2.44. The molecule has 1 fully saturated rings. The summed E-state index contributed by atoms with van der Waals surface area (Å²) >= 11 is 0. The first-order chi connectivity index (χ1) is 29.5. The number of unbranched alkanes of at least 4 members (excludes halogenated alkanes) is 18. The lowest BCUT2D eigenvalue weighted by Crippen LogP contribution is -2.62. The van der Waals surface area contributed by atoms with Crippen LogP contribution in [0.25, 0.3) is 0 Å². The van der Waals surface area contributed by atoms with Crippen LogP contribution in [0, 0.1) is 0 Å². The Bertz CT molecular complexity index is 1240. The molecule has 0 spiro atoms. The van der Waals surface area contributed by atoms with Crippen LogP contribution < -0.4 is 28.3 Å². The molecule has 61 heavy (non-hydrogen) atoms. The van der Waals surface area contributed by atoms with Crippen LogP contribution in [0.5, 0.6) is 0 Å². The van der Waals surface area contributed by atoms with Gasteiger partial charge in [0.25, 0.3) is 0 Å². The lowest BCUT2D eigenvalue weighted by molar-refractivity contribution is -0.238. The minimum atomic E-state index is -1.52. The molecule has 9 N–H and O–H groups in total. The van der Waals surface area contributed by atoms with Crippen LogP contribution in [0.15, 0.2) is 0 Å². The van der Waals surface area contributed by atoms with Crippen LogP contribution in [-0.4, -0.2) is 117 Å². The van der Waals surface area contributed by atoms with E-state index in [0.717, 1.165) is 60.1 Å². The average molecular weight is 908 g/mol. The highest BCUT2D eigenvalue weighted by Crippen LogP contribution is 2.39. The molecule has 1 heterocycles. The number of rotatable bonds is 37. The van der Waals surface area contributed by atoms with E-state index < -0.39 is 98.5 Å². The van der Waals surface area contributed by atoms with Gasteiger partial charge in [-0.05, 0) is 12.8 Å². The highest BCUT2D eigenvalue weighted by atomic mass is 33.1. The summed E-state index contributed by atoms with van der Waals surface area (Å²) in [6, 6.07) is -1.03. The van der Waals surface area contributed by atoms with E-state index in [4.69, 9.17) is 51.4 Å². The molecule has 354 valence electrons. The molecule has 0 aliphatic carbocycles.